The lowest BCUT2D eigenvalue weighted by atomic mass is 10.2. The molecule has 0 atom stereocenters. The molecule has 0 saturated heterocycles. The average molecular weight is 519 g/mol. The van der Waals surface area contributed by atoms with Crippen LogP contribution in [-0.2, 0) is 10.0 Å². The molecule has 0 unspecified atom stereocenters. The molecule has 27 heavy (non-hydrogen) atoms. The monoisotopic (exact) mass is 518 g/mol. The predicted octanol–water partition coefficient (Wildman–Crippen LogP) is 3.67. The summed E-state index contributed by atoms with van der Waals surface area (Å²) in [6.07, 6.45) is 6.52. The van der Waals surface area contributed by atoms with Crippen LogP contribution < -0.4 is 14.3 Å². The highest BCUT2D eigenvalue weighted by atomic mass is 127. The third kappa shape index (κ3) is 6.02. The van der Waals surface area contributed by atoms with Crippen LogP contribution in [0.25, 0.3) is 0 Å². The Hall–Kier alpha value is -1.96. The second-order valence-electron chi connectivity index (χ2n) is 5.06. The zero-order valence-electron chi connectivity index (χ0n) is 14.3. The van der Waals surface area contributed by atoms with Gasteiger partial charge in [-0.15, -0.1) is 6.42 Å². The minimum absolute atomic E-state index is 0.0447. The van der Waals surface area contributed by atoms with Crippen molar-refractivity contribution in [1.29, 1.82) is 0 Å². The molecule has 2 aromatic carbocycles. The highest BCUT2D eigenvalue weighted by Crippen LogP contribution is 2.36. The van der Waals surface area contributed by atoms with Crippen LogP contribution in [0.3, 0.4) is 0 Å². The second-order valence-corrected chi connectivity index (χ2v) is 8.38. The van der Waals surface area contributed by atoms with E-state index in [0.29, 0.717) is 23.7 Å². The molecule has 0 amide bonds. The van der Waals surface area contributed by atoms with Crippen molar-refractivity contribution < 1.29 is 17.9 Å². The van der Waals surface area contributed by atoms with E-state index in [4.69, 9.17) is 27.5 Å². The van der Waals surface area contributed by atoms with Crippen LogP contribution in [0.4, 0.5) is 0 Å². The van der Waals surface area contributed by atoms with Crippen molar-refractivity contribution in [2.75, 3.05) is 13.2 Å². The molecule has 6 nitrogen and oxygen atoms in total. The van der Waals surface area contributed by atoms with Crippen molar-refractivity contribution in [1.82, 2.24) is 4.83 Å². The maximum atomic E-state index is 12.2. The number of nitrogens with zero attached hydrogens (tertiary/aromatic N) is 1. The summed E-state index contributed by atoms with van der Waals surface area (Å²) >= 11 is 8.31. The van der Waals surface area contributed by atoms with Crippen molar-refractivity contribution in [3.05, 3.63) is 50.6 Å². The highest BCUT2D eigenvalue weighted by molar-refractivity contribution is 14.1. The average Bonchev–Trinajstić information content (AvgIpc) is 2.61. The van der Waals surface area contributed by atoms with E-state index in [1.165, 1.54) is 18.3 Å². The Bertz CT molecular complexity index is 970. The molecule has 0 radical (unpaired) electrons. The van der Waals surface area contributed by atoms with Gasteiger partial charge in [0.1, 0.15) is 6.61 Å². The minimum atomic E-state index is -3.76. The van der Waals surface area contributed by atoms with Gasteiger partial charge in [0.05, 0.1) is 22.7 Å². The third-order valence-electron chi connectivity index (χ3n) is 3.14. The highest BCUT2D eigenvalue weighted by Gasteiger charge is 2.14. The molecule has 142 valence electrons. The van der Waals surface area contributed by atoms with Crippen LogP contribution in [0.15, 0.2) is 46.4 Å². The number of halogens is 2. The predicted molar refractivity (Wildman–Crippen MR) is 114 cm³/mol. The number of benzene rings is 2. The van der Waals surface area contributed by atoms with E-state index in [1.807, 2.05) is 6.92 Å². The summed E-state index contributed by atoms with van der Waals surface area (Å²) in [5.74, 6) is 3.08. The summed E-state index contributed by atoms with van der Waals surface area (Å²) in [5, 5.41) is 4.07. The first kappa shape index (κ1) is 21.3. The lowest BCUT2D eigenvalue weighted by molar-refractivity contribution is 0.299. The lowest BCUT2D eigenvalue weighted by Gasteiger charge is -2.12. The Morgan fingerprint density at radius 2 is 2.00 bits per heavy atom. The molecular formula is C18H16ClIN2O4S. The zero-order chi connectivity index (χ0) is 19.9. The van der Waals surface area contributed by atoms with Gasteiger partial charge in [0, 0.05) is 3.57 Å². The van der Waals surface area contributed by atoms with Gasteiger partial charge in [-0.25, -0.2) is 4.83 Å². The van der Waals surface area contributed by atoms with Crippen LogP contribution in [-0.4, -0.2) is 27.8 Å². The van der Waals surface area contributed by atoms with Crippen molar-refractivity contribution in [2.45, 2.75) is 11.8 Å². The number of hydrogen-bond acceptors (Lipinski definition) is 5. The van der Waals surface area contributed by atoms with Gasteiger partial charge in [-0.2, -0.15) is 13.5 Å². The smallest absolute Gasteiger partial charge is 0.276 e. The summed E-state index contributed by atoms with van der Waals surface area (Å²) in [4.78, 5) is 2.28. The van der Waals surface area contributed by atoms with Crippen molar-refractivity contribution >= 4 is 50.4 Å². The molecule has 2 aromatic rings. The van der Waals surface area contributed by atoms with Gasteiger partial charge in [0.25, 0.3) is 10.0 Å². The fourth-order valence-corrected chi connectivity index (χ4v) is 3.44. The summed E-state index contributed by atoms with van der Waals surface area (Å²) < 4.78 is 36.3. The standard InChI is InChI=1S/C18H16ClIN2O4S/c1-3-9-26-18-16(19)10-13(11-17(18)25-4-2)12-21-22-27(23,24)15-7-5-14(20)6-8-15/h1,5-8,10-12,22H,4,9H2,2H3/b21-12-. The first-order valence-corrected chi connectivity index (χ1v) is 10.6. The first-order valence-electron chi connectivity index (χ1n) is 7.70. The van der Waals surface area contributed by atoms with Crippen LogP contribution in [0.5, 0.6) is 11.5 Å². The maximum absolute atomic E-state index is 12.2. The van der Waals surface area contributed by atoms with E-state index in [2.05, 4.69) is 38.4 Å². The minimum Gasteiger partial charge on any atom is -0.490 e. The molecule has 0 aliphatic carbocycles. The van der Waals surface area contributed by atoms with Crippen molar-refractivity contribution in [2.24, 2.45) is 5.10 Å². The summed E-state index contributed by atoms with van der Waals surface area (Å²) in [6.45, 7) is 2.25. The number of hydrazone groups is 1. The number of rotatable bonds is 8. The number of terminal acetylenes is 1. The van der Waals surface area contributed by atoms with E-state index in [0.717, 1.165) is 3.57 Å². The van der Waals surface area contributed by atoms with Gasteiger partial charge in [-0.3, -0.25) is 0 Å². The molecular weight excluding hydrogens is 503 g/mol. The molecule has 9 heteroatoms. The normalized spacial score (nSPS) is 11.2. The van der Waals surface area contributed by atoms with Crippen LogP contribution >= 0.6 is 34.2 Å². The number of hydrogen-bond donors (Lipinski definition) is 1. The molecule has 0 saturated carbocycles. The van der Waals surface area contributed by atoms with E-state index < -0.39 is 10.0 Å². The van der Waals surface area contributed by atoms with Gasteiger partial charge < -0.3 is 9.47 Å². The Morgan fingerprint density at radius 3 is 2.63 bits per heavy atom. The lowest BCUT2D eigenvalue weighted by Crippen LogP contribution is -2.18. The zero-order valence-corrected chi connectivity index (χ0v) is 18.0. The van der Waals surface area contributed by atoms with Gasteiger partial charge >= 0.3 is 0 Å². The van der Waals surface area contributed by atoms with Gasteiger partial charge in [0.2, 0.25) is 0 Å². The Balaban J connectivity index is 2.21. The van der Waals surface area contributed by atoms with Gasteiger partial charge in [-0.1, -0.05) is 17.5 Å². The maximum Gasteiger partial charge on any atom is 0.276 e. The van der Waals surface area contributed by atoms with Gasteiger partial charge in [0.15, 0.2) is 11.5 Å². The SMILES string of the molecule is C#CCOc1c(Cl)cc(/C=N\NS(=O)(=O)c2ccc(I)cc2)cc1OCC. The quantitative estimate of drug-likeness (QED) is 0.250. The fourth-order valence-electron chi connectivity index (χ4n) is 2.02. The topological polar surface area (TPSA) is 77.0 Å². The summed E-state index contributed by atoms with van der Waals surface area (Å²) in [6, 6.07) is 9.59. The van der Waals surface area contributed by atoms with Crippen LogP contribution in [0.1, 0.15) is 12.5 Å². The summed E-state index contributed by atoms with van der Waals surface area (Å²) in [5.41, 5.74) is 0.529. The molecule has 1 N–H and O–H groups in total. The number of ether oxygens (including phenoxy) is 2. The Kier molecular flexibility index (Phi) is 7.77. The Morgan fingerprint density at radius 1 is 1.30 bits per heavy atom. The molecule has 2 rings (SSSR count). The van der Waals surface area contributed by atoms with E-state index in [1.54, 1.807) is 24.3 Å². The molecule has 0 bridgehead atoms. The van der Waals surface area contributed by atoms with Crippen molar-refractivity contribution in [3.63, 3.8) is 0 Å². The van der Waals surface area contributed by atoms with Crippen LogP contribution in [0, 0.1) is 15.9 Å². The number of sulfonamides is 1. The largest absolute Gasteiger partial charge is 0.490 e. The molecule has 0 aliphatic heterocycles. The van der Waals surface area contributed by atoms with E-state index in [9.17, 15) is 8.42 Å². The molecule has 0 aromatic heterocycles. The fraction of sp³-hybridized carbons (Fsp3) is 0.167. The molecule has 0 fully saturated rings. The summed E-state index contributed by atoms with van der Waals surface area (Å²) in [7, 11) is -3.76. The molecule has 0 heterocycles. The molecule has 0 spiro atoms. The number of nitrogens with one attached hydrogen (secondary N) is 1. The Labute approximate surface area is 177 Å². The van der Waals surface area contributed by atoms with E-state index >= 15 is 0 Å². The molecule has 0 aliphatic rings. The van der Waals surface area contributed by atoms with Gasteiger partial charge in [-0.05, 0) is 71.5 Å². The third-order valence-corrected chi connectivity index (χ3v) is 5.38. The van der Waals surface area contributed by atoms with Crippen molar-refractivity contribution in [3.8, 4) is 23.8 Å². The van der Waals surface area contributed by atoms with Crippen LogP contribution in [0.2, 0.25) is 5.02 Å². The first-order chi connectivity index (χ1) is 12.9. The van der Waals surface area contributed by atoms with E-state index in [-0.39, 0.29) is 16.5 Å². The second kappa shape index (κ2) is 9.82.